The minimum absolute atomic E-state index is 0.147. The number of anilines is 1. The first-order valence-corrected chi connectivity index (χ1v) is 5.61. The van der Waals surface area contributed by atoms with Crippen LogP contribution in [0, 0.1) is 0 Å². The van der Waals surface area contributed by atoms with Crippen molar-refractivity contribution >= 4 is 17.3 Å². The van der Waals surface area contributed by atoms with Crippen molar-refractivity contribution < 1.29 is 9.47 Å². The fourth-order valence-electron chi connectivity index (χ4n) is 1.09. The Balaban J connectivity index is 2.09. The van der Waals surface area contributed by atoms with Crippen molar-refractivity contribution in [3.05, 3.63) is 22.4 Å². The van der Waals surface area contributed by atoms with Crippen molar-refractivity contribution in [2.24, 2.45) is 5.84 Å². The van der Waals surface area contributed by atoms with Crippen LogP contribution in [-0.2, 0) is 6.61 Å². The summed E-state index contributed by atoms with van der Waals surface area (Å²) in [6.45, 7) is 0.398. The third kappa shape index (κ3) is 3.02. The molecule has 90 valence electrons. The Morgan fingerprint density at radius 3 is 2.82 bits per heavy atom. The van der Waals surface area contributed by atoms with Crippen LogP contribution in [0.25, 0.3) is 0 Å². The van der Waals surface area contributed by atoms with E-state index in [0.717, 1.165) is 4.88 Å². The summed E-state index contributed by atoms with van der Waals surface area (Å²) in [6, 6.07) is 4.22. The second-order valence-electron chi connectivity index (χ2n) is 2.94. The van der Waals surface area contributed by atoms with Gasteiger partial charge in [-0.15, -0.1) is 16.3 Å². The Kier molecular flexibility index (Phi) is 3.68. The quantitative estimate of drug-likeness (QED) is 0.601. The summed E-state index contributed by atoms with van der Waals surface area (Å²) in [5.41, 5.74) is 2.32. The zero-order valence-corrected chi connectivity index (χ0v) is 9.90. The van der Waals surface area contributed by atoms with Gasteiger partial charge in [-0.1, -0.05) is 6.07 Å². The minimum Gasteiger partial charge on any atom is -0.467 e. The highest BCUT2D eigenvalue weighted by Gasteiger charge is 2.07. The number of hydrogen-bond acceptors (Lipinski definition) is 8. The molecule has 0 aromatic carbocycles. The molecule has 2 aromatic heterocycles. The van der Waals surface area contributed by atoms with Crippen LogP contribution >= 0.6 is 11.3 Å². The van der Waals surface area contributed by atoms with E-state index >= 15 is 0 Å². The molecule has 0 amide bonds. The molecule has 2 heterocycles. The minimum atomic E-state index is 0.147. The second kappa shape index (κ2) is 5.41. The topological polar surface area (TPSA) is 95.2 Å². The Morgan fingerprint density at radius 1 is 1.35 bits per heavy atom. The van der Waals surface area contributed by atoms with Crippen molar-refractivity contribution in [2.45, 2.75) is 6.61 Å². The lowest BCUT2D eigenvalue weighted by atomic mass is 10.5. The lowest BCUT2D eigenvalue weighted by Crippen LogP contribution is -2.12. The van der Waals surface area contributed by atoms with Crippen molar-refractivity contribution in [3.63, 3.8) is 0 Å². The number of rotatable bonds is 5. The first-order chi connectivity index (χ1) is 8.31. The van der Waals surface area contributed by atoms with E-state index in [1.807, 2.05) is 17.5 Å². The van der Waals surface area contributed by atoms with Crippen LogP contribution in [0.4, 0.5) is 5.95 Å². The number of thiophene rings is 1. The van der Waals surface area contributed by atoms with Gasteiger partial charge in [-0.25, -0.2) is 5.84 Å². The first-order valence-electron chi connectivity index (χ1n) is 4.73. The van der Waals surface area contributed by atoms with Gasteiger partial charge in [-0.3, -0.25) is 5.43 Å². The standard InChI is InChI=1S/C9H11N5O2S/c1-15-8-11-7(14-10)12-9(13-8)16-5-6-3-2-4-17-6/h2-4H,5,10H2,1H3,(H,11,12,13,14). The maximum absolute atomic E-state index is 5.41. The molecule has 0 aliphatic heterocycles. The van der Waals surface area contributed by atoms with E-state index in [-0.39, 0.29) is 18.0 Å². The van der Waals surface area contributed by atoms with Crippen LogP contribution in [0.5, 0.6) is 12.0 Å². The normalized spacial score (nSPS) is 10.0. The lowest BCUT2D eigenvalue weighted by molar-refractivity contribution is 0.274. The molecule has 3 N–H and O–H groups in total. The van der Waals surface area contributed by atoms with E-state index in [1.54, 1.807) is 11.3 Å². The molecule has 0 spiro atoms. The third-order valence-electron chi connectivity index (χ3n) is 1.83. The van der Waals surface area contributed by atoms with Gasteiger partial charge in [-0.05, 0) is 11.4 Å². The average molecular weight is 253 g/mol. The van der Waals surface area contributed by atoms with Crippen LogP contribution in [0.15, 0.2) is 17.5 Å². The molecule has 0 fully saturated rings. The number of ether oxygens (including phenoxy) is 2. The summed E-state index contributed by atoms with van der Waals surface area (Å²) in [6.07, 6.45) is 0. The molecule has 0 aliphatic rings. The Morgan fingerprint density at radius 2 is 2.18 bits per heavy atom. The van der Waals surface area contributed by atoms with E-state index < -0.39 is 0 Å². The van der Waals surface area contributed by atoms with Gasteiger partial charge in [0.15, 0.2) is 0 Å². The predicted molar refractivity (Wildman–Crippen MR) is 62.8 cm³/mol. The van der Waals surface area contributed by atoms with Crippen LogP contribution in [-0.4, -0.2) is 22.1 Å². The SMILES string of the molecule is COc1nc(NN)nc(OCc2cccs2)n1. The second-order valence-corrected chi connectivity index (χ2v) is 3.97. The van der Waals surface area contributed by atoms with Gasteiger partial charge in [0.05, 0.1) is 7.11 Å². The maximum Gasteiger partial charge on any atom is 0.324 e. The number of nitrogen functional groups attached to an aromatic ring is 1. The highest BCUT2D eigenvalue weighted by atomic mass is 32.1. The van der Waals surface area contributed by atoms with Gasteiger partial charge in [0.2, 0.25) is 5.95 Å². The fraction of sp³-hybridized carbons (Fsp3) is 0.222. The molecule has 0 saturated heterocycles. The van der Waals surface area contributed by atoms with Gasteiger partial charge in [0.25, 0.3) is 0 Å². The molecule has 17 heavy (non-hydrogen) atoms. The molecule has 2 rings (SSSR count). The summed E-state index contributed by atoms with van der Waals surface area (Å²) in [5.74, 6) is 5.41. The van der Waals surface area contributed by atoms with E-state index in [9.17, 15) is 0 Å². The highest BCUT2D eigenvalue weighted by Crippen LogP contribution is 2.15. The number of nitrogens with two attached hydrogens (primary N) is 1. The summed E-state index contributed by atoms with van der Waals surface area (Å²) >= 11 is 1.59. The summed E-state index contributed by atoms with van der Waals surface area (Å²) in [4.78, 5) is 12.8. The molecule has 0 atom stereocenters. The molecular formula is C9H11N5O2S. The average Bonchev–Trinajstić information content (AvgIpc) is 2.89. The lowest BCUT2D eigenvalue weighted by Gasteiger charge is -2.05. The largest absolute Gasteiger partial charge is 0.467 e. The monoisotopic (exact) mass is 253 g/mol. The van der Waals surface area contributed by atoms with Gasteiger partial charge in [0.1, 0.15) is 6.61 Å². The van der Waals surface area contributed by atoms with Crippen LogP contribution in [0.2, 0.25) is 0 Å². The molecule has 0 unspecified atom stereocenters. The number of hydrazine groups is 1. The number of nitrogens with zero attached hydrogens (tertiary/aromatic N) is 3. The molecule has 0 bridgehead atoms. The van der Waals surface area contributed by atoms with Gasteiger partial charge in [-0.2, -0.15) is 9.97 Å². The van der Waals surface area contributed by atoms with Crippen LogP contribution in [0.3, 0.4) is 0 Å². The number of methoxy groups -OCH3 is 1. The smallest absolute Gasteiger partial charge is 0.324 e. The number of hydrogen-bond donors (Lipinski definition) is 2. The third-order valence-corrected chi connectivity index (χ3v) is 2.68. The molecule has 0 saturated carbocycles. The van der Waals surface area contributed by atoms with Crippen LogP contribution < -0.4 is 20.7 Å². The van der Waals surface area contributed by atoms with Gasteiger partial charge >= 0.3 is 12.0 Å². The molecule has 7 nitrogen and oxygen atoms in total. The Bertz CT molecular complexity index is 454. The Hall–Kier alpha value is -1.93. The molecular weight excluding hydrogens is 242 g/mol. The Labute approximate surface area is 102 Å². The van der Waals surface area contributed by atoms with Gasteiger partial charge in [0, 0.05) is 4.88 Å². The molecule has 0 aliphatic carbocycles. The number of nitrogens with one attached hydrogen (secondary N) is 1. The highest BCUT2D eigenvalue weighted by molar-refractivity contribution is 7.09. The summed E-state index contributed by atoms with van der Waals surface area (Å²) in [5, 5.41) is 1.97. The summed E-state index contributed by atoms with van der Waals surface area (Å²) in [7, 11) is 1.46. The maximum atomic E-state index is 5.41. The van der Waals surface area contributed by atoms with Gasteiger partial charge < -0.3 is 9.47 Å². The summed E-state index contributed by atoms with van der Waals surface area (Å²) < 4.78 is 10.3. The molecule has 8 heteroatoms. The first kappa shape index (κ1) is 11.6. The predicted octanol–water partition coefficient (Wildman–Crippen LogP) is 0.806. The fourth-order valence-corrected chi connectivity index (χ4v) is 1.70. The number of aromatic nitrogens is 3. The zero-order valence-electron chi connectivity index (χ0n) is 9.08. The van der Waals surface area contributed by atoms with E-state index in [2.05, 4.69) is 20.4 Å². The van der Waals surface area contributed by atoms with Crippen LogP contribution in [0.1, 0.15) is 4.88 Å². The van der Waals surface area contributed by atoms with Crippen molar-refractivity contribution in [3.8, 4) is 12.0 Å². The van der Waals surface area contributed by atoms with Crippen molar-refractivity contribution in [1.82, 2.24) is 15.0 Å². The van der Waals surface area contributed by atoms with E-state index in [0.29, 0.717) is 6.61 Å². The molecule has 0 radical (unpaired) electrons. The zero-order chi connectivity index (χ0) is 12.1. The van der Waals surface area contributed by atoms with E-state index in [4.69, 9.17) is 15.3 Å². The van der Waals surface area contributed by atoms with Crippen molar-refractivity contribution in [2.75, 3.05) is 12.5 Å². The van der Waals surface area contributed by atoms with E-state index in [1.165, 1.54) is 7.11 Å². The van der Waals surface area contributed by atoms with Crippen molar-refractivity contribution in [1.29, 1.82) is 0 Å². The molecule has 2 aromatic rings.